The zero-order valence-electron chi connectivity index (χ0n) is 16.2. The molecule has 0 amide bonds. The Hall–Kier alpha value is -3.36. The molecule has 0 radical (unpaired) electrons. The van der Waals surface area contributed by atoms with Crippen LogP contribution in [0.3, 0.4) is 0 Å². The van der Waals surface area contributed by atoms with Crippen molar-refractivity contribution < 1.29 is 19.1 Å². The van der Waals surface area contributed by atoms with Crippen LogP contribution in [0.1, 0.15) is 25.0 Å². The molecule has 0 atom stereocenters. The second-order valence-corrected chi connectivity index (χ2v) is 6.74. The molecule has 4 nitrogen and oxygen atoms in total. The van der Waals surface area contributed by atoms with Crippen molar-refractivity contribution in [1.82, 2.24) is 0 Å². The van der Waals surface area contributed by atoms with Gasteiger partial charge >= 0.3 is 0 Å². The predicted octanol–water partition coefficient (Wildman–Crippen LogP) is 4.44. The van der Waals surface area contributed by atoms with Gasteiger partial charge in [-0.05, 0) is 41.5 Å². The molecule has 0 aliphatic heterocycles. The zero-order valence-corrected chi connectivity index (χ0v) is 16.2. The molecule has 0 fully saturated rings. The molecule has 0 spiro atoms. The minimum Gasteiger partial charge on any atom is -0.485 e. The lowest BCUT2D eigenvalue weighted by molar-refractivity contribution is -0.117. The summed E-state index contributed by atoms with van der Waals surface area (Å²) in [6.07, 6.45) is 2.51. The van der Waals surface area contributed by atoms with E-state index in [0.29, 0.717) is 11.5 Å². The van der Waals surface area contributed by atoms with Gasteiger partial charge in [-0.3, -0.25) is 9.59 Å². The Morgan fingerprint density at radius 2 is 1.32 bits per heavy atom. The lowest BCUT2D eigenvalue weighted by atomic mass is 9.78. The molecular weight excluding hydrogens is 352 g/mol. The fourth-order valence-electron chi connectivity index (χ4n) is 2.63. The standard InChI is InChI=1S/C24H24O4/c1-5-7-21(26)17-28-23-14-10-19(11-15-23)24(3,4)18-8-12-22(13-9-18)27-16-20(25)6-2/h6-15H,1-2,16-17H2,3-4H3. The maximum absolute atomic E-state index is 11.4. The summed E-state index contributed by atoms with van der Waals surface area (Å²) in [4.78, 5) is 22.7. The molecule has 0 saturated carbocycles. The first-order valence-corrected chi connectivity index (χ1v) is 8.87. The summed E-state index contributed by atoms with van der Waals surface area (Å²) in [5, 5.41) is 0. The smallest absolute Gasteiger partial charge is 0.200 e. The number of ketones is 2. The normalized spacial score (nSPS) is 10.5. The Morgan fingerprint density at radius 1 is 0.893 bits per heavy atom. The van der Waals surface area contributed by atoms with Crippen LogP contribution in [-0.2, 0) is 15.0 Å². The third kappa shape index (κ3) is 5.57. The molecule has 2 rings (SSSR count). The Kier molecular flexibility index (Phi) is 7.14. The highest BCUT2D eigenvalue weighted by molar-refractivity contribution is 5.90. The van der Waals surface area contributed by atoms with E-state index in [1.165, 1.54) is 12.2 Å². The van der Waals surface area contributed by atoms with Crippen LogP contribution in [0.25, 0.3) is 0 Å². The van der Waals surface area contributed by atoms with Crippen molar-refractivity contribution in [1.29, 1.82) is 0 Å². The lowest BCUT2D eigenvalue weighted by Gasteiger charge is -2.26. The van der Waals surface area contributed by atoms with Gasteiger partial charge in [-0.2, -0.15) is 0 Å². The summed E-state index contributed by atoms with van der Waals surface area (Å²) in [6.45, 7) is 11.0. The van der Waals surface area contributed by atoms with Gasteiger partial charge in [0.1, 0.15) is 11.5 Å². The number of carbonyl (C=O) groups is 2. The monoisotopic (exact) mass is 376 g/mol. The van der Waals surface area contributed by atoms with Gasteiger partial charge in [0.05, 0.1) is 0 Å². The van der Waals surface area contributed by atoms with Crippen LogP contribution in [-0.4, -0.2) is 24.8 Å². The van der Waals surface area contributed by atoms with Crippen LogP contribution < -0.4 is 9.47 Å². The lowest BCUT2D eigenvalue weighted by Crippen LogP contribution is -2.19. The van der Waals surface area contributed by atoms with Crippen LogP contribution >= 0.6 is 0 Å². The van der Waals surface area contributed by atoms with Gasteiger partial charge in [0.25, 0.3) is 0 Å². The molecule has 0 heterocycles. The third-order valence-corrected chi connectivity index (χ3v) is 4.40. The van der Waals surface area contributed by atoms with E-state index in [1.807, 2.05) is 48.5 Å². The number of ether oxygens (including phenoxy) is 2. The Morgan fingerprint density at radius 3 is 1.71 bits per heavy atom. The molecule has 28 heavy (non-hydrogen) atoms. The van der Waals surface area contributed by atoms with Gasteiger partial charge < -0.3 is 9.47 Å². The fourth-order valence-corrected chi connectivity index (χ4v) is 2.63. The van der Waals surface area contributed by atoms with Crippen molar-refractivity contribution in [2.24, 2.45) is 0 Å². The average molecular weight is 376 g/mol. The van der Waals surface area contributed by atoms with Crippen molar-refractivity contribution in [2.75, 3.05) is 13.2 Å². The van der Waals surface area contributed by atoms with Gasteiger partial charge in [0.2, 0.25) is 5.78 Å². The molecule has 2 aromatic rings. The highest BCUT2D eigenvalue weighted by Crippen LogP contribution is 2.33. The fraction of sp³-hybridized carbons (Fsp3) is 0.208. The third-order valence-electron chi connectivity index (χ3n) is 4.40. The van der Waals surface area contributed by atoms with E-state index in [9.17, 15) is 9.59 Å². The summed E-state index contributed by atoms with van der Waals surface area (Å²) >= 11 is 0. The zero-order chi connectivity index (χ0) is 20.6. The largest absolute Gasteiger partial charge is 0.485 e. The Labute approximate surface area is 165 Å². The van der Waals surface area contributed by atoms with E-state index < -0.39 is 0 Å². The summed E-state index contributed by atoms with van der Waals surface area (Å²) < 4.78 is 10.9. The summed E-state index contributed by atoms with van der Waals surface area (Å²) in [7, 11) is 0. The summed E-state index contributed by atoms with van der Waals surface area (Å²) in [5.74, 6) is 0.920. The van der Waals surface area contributed by atoms with Gasteiger partial charge in [-0.15, -0.1) is 5.73 Å². The molecule has 0 unspecified atom stereocenters. The van der Waals surface area contributed by atoms with E-state index >= 15 is 0 Å². The van der Waals surface area contributed by atoms with Crippen LogP contribution in [0.15, 0.2) is 79.6 Å². The van der Waals surface area contributed by atoms with Crippen LogP contribution in [0, 0.1) is 0 Å². The predicted molar refractivity (Wildman–Crippen MR) is 110 cm³/mol. The molecule has 0 bridgehead atoms. The van der Waals surface area contributed by atoms with Crippen molar-refractivity contribution in [2.45, 2.75) is 19.3 Å². The topological polar surface area (TPSA) is 52.6 Å². The number of rotatable bonds is 10. The maximum Gasteiger partial charge on any atom is 0.200 e. The first-order chi connectivity index (χ1) is 13.4. The van der Waals surface area contributed by atoms with Crippen molar-refractivity contribution in [3.05, 3.63) is 90.7 Å². The van der Waals surface area contributed by atoms with Crippen LogP contribution in [0.2, 0.25) is 0 Å². The highest BCUT2D eigenvalue weighted by atomic mass is 16.5. The van der Waals surface area contributed by atoms with E-state index in [0.717, 1.165) is 11.1 Å². The van der Waals surface area contributed by atoms with Gasteiger partial charge in [-0.25, -0.2) is 0 Å². The molecule has 144 valence electrons. The number of carbonyl (C=O) groups excluding carboxylic acids is 2. The molecule has 0 saturated heterocycles. The number of hydrogen-bond donors (Lipinski definition) is 0. The quantitative estimate of drug-likeness (QED) is 0.454. The first kappa shape index (κ1) is 20.9. The van der Waals surface area contributed by atoms with E-state index in [2.05, 4.69) is 32.7 Å². The number of hydrogen-bond acceptors (Lipinski definition) is 4. The van der Waals surface area contributed by atoms with Crippen LogP contribution in [0.5, 0.6) is 11.5 Å². The maximum atomic E-state index is 11.4. The minimum absolute atomic E-state index is 0.0151. The van der Waals surface area contributed by atoms with Gasteiger partial charge in [0.15, 0.2) is 19.0 Å². The molecular formula is C24H24O4. The second kappa shape index (κ2) is 9.54. The van der Waals surface area contributed by atoms with Gasteiger partial charge in [-0.1, -0.05) is 51.3 Å². The highest BCUT2D eigenvalue weighted by Gasteiger charge is 2.23. The van der Waals surface area contributed by atoms with Crippen molar-refractivity contribution >= 4 is 11.6 Å². The molecule has 4 heteroatoms. The van der Waals surface area contributed by atoms with Crippen molar-refractivity contribution in [3.8, 4) is 11.5 Å². The van der Waals surface area contributed by atoms with E-state index in [-0.39, 0.29) is 30.2 Å². The van der Waals surface area contributed by atoms with Crippen molar-refractivity contribution in [3.63, 3.8) is 0 Å². The van der Waals surface area contributed by atoms with E-state index in [4.69, 9.17) is 9.47 Å². The molecule has 0 aromatic heterocycles. The summed E-state index contributed by atoms with van der Waals surface area (Å²) in [6, 6.07) is 15.3. The first-order valence-electron chi connectivity index (χ1n) is 8.87. The molecule has 0 aliphatic carbocycles. The second-order valence-electron chi connectivity index (χ2n) is 6.74. The molecule has 2 aromatic carbocycles. The Balaban J connectivity index is 2.06. The average Bonchev–Trinajstić information content (AvgIpc) is 2.71. The SMILES string of the molecule is C=C=CC(=O)COc1ccc(C(C)(C)c2ccc(OCC(=O)C=C)cc2)cc1. The van der Waals surface area contributed by atoms with Gasteiger partial charge in [0, 0.05) is 11.5 Å². The molecule has 0 N–H and O–H groups in total. The Bertz CT molecular complexity index is 883. The number of benzene rings is 2. The summed E-state index contributed by atoms with van der Waals surface area (Å²) in [5.41, 5.74) is 4.41. The molecule has 0 aliphatic rings. The van der Waals surface area contributed by atoms with E-state index in [1.54, 1.807) is 0 Å². The minimum atomic E-state index is -0.241. The van der Waals surface area contributed by atoms with Crippen LogP contribution in [0.4, 0.5) is 0 Å².